The van der Waals surface area contributed by atoms with Crippen LogP contribution in [0, 0.1) is 0 Å². The molecule has 12 aromatic rings. The minimum atomic E-state index is 0.909. The van der Waals surface area contributed by atoms with Gasteiger partial charge >= 0.3 is 0 Å². The van der Waals surface area contributed by atoms with Crippen molar-refractivity contribution in [2.24, 2.45) is 0 Å². The highest BCUT2D eigenvalue weighted by molar-refractivity contribution is 6.21. The third-order valence-electron chi connectivity index (χ3n) is 11.9. The number of hydrogen-bond acceptors (Lipinski definition) is 4. The molecule has 0 atom stereocenters. The molecule has 0 radical (unpaired) electrons. The predicted molar refractivity (Wildman–Crippen MR) is 250 cm³/mol. The van der Waals surface area contributed by atoms with Crippen LogP contribution in [0.1, 0.15) is 0 Å². The van der Waals surface area contributed by atoms with Crippen molar-refractivity contribution < 1.29 is 0 Å². The lowest BCUT2D eigenvalue weighted by molar-refractivity contribution is 1.38. The summed E-state index contributed by atoms with van der Waals surface area (Å²) in [6.45, 7) is 0. The summed E-state index contributed by atoms with van der Waals surface area (Å²) in [5.41, 5.74) is 14.5. The number of pyridine rings is 4. The van der Waals surface area contributed by atoms with Crippen LogP contribution in [-0.4, -0.2) is 19.9 Å². The molecule has 0 amide bonds. The van der Waals surface area contributed by atoms with Crippen molar-refractivity contribution in [3.8, 4) is 56.0 Å². The van der Waals surface area contributed by atoms with Crippen molar-refractivity contribution in [3.05, 3.63) is 206 Å². The molecule has 0 aliphatic rings. The lowest BCUT2D eigenvalue weighted by atomic mass is 9.88. The van der Waals surface area contributed by atoms with Gasteiger partial charge < -0.3 is 0 Å². The lowest BCUT2D eigenvalue weighted by Gasteiger charge is -2.17. The van der Waals surface area contributed by atoms with Gasteiger partial charge in [-0.2, -0.15) is 0 Å². The number of hydrogen-bond donors (Lipinski definition) is 0. The van der Waals surface area contributed by atoms with Crippen LogP contribution in [0.5, 0.6) is 0 Å². The molecule has 0 aliphatic heterocycles. The largest absolute Gasteiger partial charge is 0.254 e. The number of benzene rings is 8. The summed E-state index contributed by atoms with van der Waals surface area (Å²) in [5.74, 6) is 0. The fourth-order valence-electron chi connectivity index (χ4n) is 8.90. The Kier molecular flexibility index (Phi) is 7.82. The van der Waals surface area contributed by atoms with Gasteiger partial charge in [0.2, 0.25) is 0 Å². The number of nitrogens with zero attached hydrogens (tertiary/aromatic N) is 4. The van der Waals surface area contributed by atoms with E-state index in [1.807, 2.05) is 18.3 Å². The van der Waals surface area contributed by atoms with Gasteiger partial charge in [-0.25, -0.2) is 15.0 Å². The standard InChI is InChI=1S/C56H34N4/c1-2-9-35(10-3-1)36-16-18-37(19-17-36)48-29-26-38-20-24-42(33-51(38)58-48)43-25-21-39-27-30-49(59-52(39)34-43)53-44-12-4-6-14-46(44)54(47-15-7-5-13-45(47)53)50-31-28-41-23-22-40-11-8-32-57-55(40)56(41)60-50/h1-34H. The second-order valence-electron chi connectivity index (χ2n) is 15.4. The van der Waals surface area contributed by atoms with E-state index in [2.05, 4.69) is 188 Å². The van der Waals surface area contributed by atoms with Gasteiger partial charge in [0.25, 0.3) is 0 Å². The maximum absolute atomic E-state index is 5.41. The normalized spacial score (nSPS) is 11.7. The molecule has 0 saturated heterocycles. The first kappa shape index (κ1) is 34.0. The third kappa shape index (κ3) is 5.69. The Labute approximate surface area is 346 Å². The highest BCUT2D eigenvalue weighted by atomic mass is 14.8. The first-order valence-corrected chi connectivity index (χ1v) is 20.3. The second kappa shape index (κ2) is 13.8. The monoisotopic (exact) mass is 762 g/mol. The highest BCUT2D eigenvalue weighted by Crippen LogP contribution is 2.43. The molecule has 8 aromatic carbocycles. The smallest absolute Gasteiger partial charge is 0.0972 e. The zero-order chi connectivity index (χ0) is 39.6. The molecule has 0 N–H and O–H groups in total. The zero-order valence-corrected chi connectivity index (χ0v) is 32.4. The Morgan fingerprint density at radius 1 is 0.267 bits per heavy atom. The van der Waals surface area contributed by atoms with Gasteiger partial charge in [-0.15, -0.1) is 0 Å². The van der Waals surface area contributed by atoms with Gasteiger partial charge in [0.15, 0.2) is 0 Å². The van der Waals surface area contributed by atoms with Gasteiger partial charge in [0.05, 0.1) is 39.1 Å². The zero-order valence-electron chi connectivity index (χ0n) is 32.4. The van der Waals surface area contributed by atoms with E-state index in [9.17, 15) is 0 Å². The van der Waals surface area contributed by atoms with Gasteiger partial charge in [0, 0.05) is 44.4 Å². The van der Waals surface area contributed by atoms with E-state index in [4.69, 9.17) is 19.9 Å². The first-order chi connectivity index (χ1) is 29.7. The summed E-state index contributed by atoms with van der Waals surface area (Å²) in [6, 6.07) is 70.8. The Morgan fingerprint density at radius 3 is 1.32 bits per heavy atom. The van der Waals surface area contributed by atoms with E-state index >= 15 is 0 Å². The summed E-state index contributed by atoms with van der Waals surface area (Å²) in [4.78, 5) is 20.6. The topological polar surface area (TPSA) is 51.6 Å². The lowest BCUT2D eigenvalue weighted by Crippen LogP contribution is -1.95. The van der Waals surface area contributed by atoms with E-state index in [-0.39, 0.29) is 0 Å². The van der Waals surface area contributed by atoms with Crippen LogP contribution >= 0.6 is 0 Å². The summed E-state index contributed by atoms with van der Waals surface area (Å²) >= 11 is 0. The highest BCUT2D eigenvalue weighted by Gasteiger charge is 2.19. The van der Waals surface area contributed by atoms with E-state index < -0.39 is 0 Å². The molecule has 278 valence electrons. The molecule has 4 nitrogen and oxygen atoms in total. The van der Waals surface area contributed by atoms with Crippen LogP contribution in [0.15, 0.2) is 206 Å². The summed E-state index contributed by atoms with van der Waals surface area (Å²) in [6.07, 6.45) is 1.84. The van der Waals surface area contributed by atoms with Crippen LogP contribution in [0.4, 0.5) is 0 Å². The van der Waals surface area contributed by atoms with Crippen LogP contribution in [0.2, 0.25) is 0 Å². The minimum Gasteiger partial charge on any atom is -0.254 e. The number of fused-ring (bicyclic) bond motifs is 7. The number of aromatic nitrogens is 4. The molecular weight excluding hydrogens is 729 g/mol. The molecule has 0 fully saturated rings. The van der Waals surface area contributed by atoms with Gasteiger partial charge in [-0.1, -0.05) is 164 Å². The van der Waals surface area contributed by atoms with Gasteiger partial charge in [-0.3, -0.25) is 4.98 Å². The van der Waals surface area contributed by atoms with Crippen LogP contribution in [-0.2, 0) is 0 Å². The molecule has 0 saturated carbocycles. The fraction of sp³-hybridized carbons (Fsp3) is 0. The Balaban J connectivity index is 0.957. The maximum Gasteiger partial charge on any atom is 0.0972 e. The Bertz CT molecular complexity index is 3590. The fourth-order valence-corrected chi connectivity index (χ4v) is 8.90. The van der Waals surface area contributed by atoms with Crippen molar-refractivity contribution in [1.29, 1.82) is 0 Å². The molecule has 60 heavy (non-hydrogen) atoms. The molecule has 0 unspecified atom stereocenters. The molecule has 0 aliphatic carbocycles. The maximum atomic E-state index is 5.41. The molecule has 4 heteroatoms. The Hall–Kier alpha value is -8.08. The van der Waals surface area contributed by atoms with Gasteiger partial charge in [-0.05, 0) is 80.2 Å². The van der Waals surface area contributed by atoms with E-state index in [0.29, 0.717) is 0 Å². The summed E-state index contributed by atoms with van der Waals surface area (Å²) < 4.78 is 0. The quantitative estimate of drug-likeness (QED) is 0.129. The minimum absolute atomic E-state index is 0.909. The molecular formula is C56H34N4. The second-order valence-corrected chi connectivity index (χ2v) is 15.4. The average molecular weight is 763 g/mol. The van der Waals surface area contributed by atoms with Crippen molar-refractivity contribution >= 4 is 65.2 Å². The summed E-state index contributed by atoms with van der Waals surface area (Å²) in [5, 5.41) is 8.90. The van der Waals surface area contributed by atoms with Crippen LogP contribution in [0.25, 0.3) is 121 Å². The number of rotatable bonds is 5. The van der Waals surface area contributed by atoms with Crippen molar-refractivity contribution in [1.82, 2.24) is 19.9 Å². The summed E-state index contributed by atoms with van der Waals surface area (Å²) in [7, 11) is 0. The molecule has 12 rings (SSSR count). The van der Waals surface area contributed by atoms with Crippen molar-refractivity contribution in [2.75, 3.05) is 0 Å². The van der Waals surface area contributed by atoms with Gasteiger partial charge in [0.1, 0.15) is 0 Å². The van der Waals surface area contributed by atoms with Crippen LogP contribution < -0.4 is 0 Å². The molecule has 0 spiro atoms. The third-order valence-corrected chi connectivity index (χ3v) is 11.9. The molecule has 4 aromatic heterocycles. The van der Waals surface area contributed by atoms with Crippen molar-refractivity contribution in [2.45, 2.75) is 0 Å². The van der Waals surface area contributed by atoms with E-state index in [1.165, 1.54) is 11.1 Å². The SMILES string of the molecule is c1ccc(-c2ccc(-c3ccc4ccc(-c5ccc6ccc(-c7c8ccccc8c(-c8ccc9ccc%10cccnc%10c9n8)c8ccccc78)nc6c5)cc4n3)cc2)cc1. The average Bonchev–Trinajstić information content (AvgIpc) is 3.32. The molecule has 0 bridgehead atoms. The predicted octanol–water partition coefficient (Wildman–Crippen LogP) is 14.5. The Morgan fingerprint density at radius 2 is 0.700 bits per heavy atom. The first-order valence-electron chi connectivity index (χ1n) is 20.3. The van der Waals surface area contributed by atoms with Crippen molar-refractivity contribution in [3.63, 3.8) is 0 Å². The van der Waals surface area contributed by atoms with E-state index in [0.717, 1.165) is 110 Å². The molecule has 4 heterocycles. The van der Waals surface area contributed by atoms with E-state index in [1.54, 1.807) is 0 Å². The van der Waals surface area contributed by atoms with Crippen LogP contribution in [0.3, 0.4) is 0 Å².